The molecule has 4 rings (SSSR count). The number of benzene rings is 2. The van der Waals surface area contributed by atoms with Crippen LogP contribution in [0.2, 0.25) is 0 Å². The first-order valence-electron chi connectivity index (χ1n) is 10.4. The first-order chi connectivity index (χ1) is 15.6. The number of thiazole rings is 1. The molecular formula is C24H25N3O3S2. The molecule has 8 heteroatoms. The normalized spacial score (nSPS) is 15.5. The second-order valence-electron chi connectivity index (χ2n) is 7.54. The van der Waals surface area contributed by atoms with Crippen LogP contribution in [0.5, 0.6) is 5.75 Å². The van der Waals surface area contributed by atoms with Gasteiger partial charge in [-0.15, -0.1) is 23.1 Å². The highest BCUT2D eigenvalue weighted by atomic mass is 32.2. The van der Waals surface area contributed by atoms with Crippen molar-refractivity contribution in [3.63, 3.8) is 0 Å². The number of aryl methyl sites for hydroxylation is 1. The zero-order chi connectivity index (χ0) is 22.3. The van der Waals surface area contributed by atoms with Crippen molar-refractivity contribution in [2.75, 3.05) is 24.8 Å². The number of nitrogens with one attached hydrogen (secondary N) is 1. The SMILES string of the molecule is Cc1cccc(OCC(=O)N2CSC[C@@H]2C(=O)NCCc2csc(-c3ccccc3)n2)c1. The average molecular weight is 468 g/mol. The van der Waals surface area contributed by atoms with Crippen LogP contribution in [-0.2, 0) is 16.0 Å². The second-order valence-corrected chi connectivity index (χ2v) is 9.39. The van der Waals surface area contributed by atoms with E-state index in [-0.39, 0.29) is 18.4 Å². The van der Waals surface area contributed by atoms with E-state index in [9.17, 15) is 9.59 Å². The number of carbonyl (C=O) groups is 2. The van der Waals surface area contributed by atoms with Gasteiger partial charge in [-0.25, -0.2) is 4.98 Å². The Kier molecular flexibility index (Phi) is 7.44. The standard InChI is InChI=1S/C24H25N3O3S2/c1-17-6-5-9-20(12-17)30-13-22(28)27-16-31-15-21(27)23(29)25-11-10-19-14-32-24(26-19)18-7-3-2-4-8-18/h2-9,12,14,21H,10-11,13,15-16H2,1H3,(H,25,29)/t21-/m1/s1. The fraction of sp³-hybridized carbons (Fsp3) is 0.292. The van der Waals surface area contributed by atoms with Crippen LogP contribution in [0.3, 0.4) is 0 Å². The van der Waals surface area contributed by atoms with Crippen molar-refractivity contribution in [3.8, 4) is 16.3 Å². The summed E-state index contributed by atoms with van der Waals surface area (Å²) < 4.78 is 5.63. The molecule has 0 aliphatic carbocycles. The first-order valence-corrected chi connectivity index (χ1v) is 12.5. The number of amides is 2. The average Bonchev–Trinajstić information content (AvgIpc) is 3.48. The van der Waals surface area contributed by atoms with Crippen molar-refractivity contribution >= 4 is 34.9 Å². The molecule has 32 heavy (non-hydrogen) atoms. The molecule has 1 atom stereocenters. The van der Waals surface area contributed by atoms with E-state index in [4.69, 9.17) is 4.74 Å². The third-order valence-corrected chi connectivity index (χ3v) is 7.06. The summed E-state index contributed by atoms with van der Waals surface area (Å²) in [7, 11) is 0. The van der Waals surface area contributed by atoms with E-state index in [1.807, 2.05) is 66.9 Å². The third-order valence-electron chi connectivity index (χ3n) is 5.11. The molecule has 6 nitrogen and oxygen atoms in total. The molecule has 0 saturated carbocycles. The lowest BCUT2D eigenvalue weighted by Gasteiger charge is -2.23. The zero-order valence-corrected chi connectivity index (χ0v) is 19.5. The highest BCUT2D eigenvalue weighted by Crippen LogP contribution is 2.24. The van der Waals surface area contributed by atoms with Gasteiger partial charge in [-0.05, 0) is 24.6 Å². The van der Waals surface area contributed by atoms with Crippen LogP contribution in [-0.4, -0.2) is 52.5 Å². The number of rotatable bonds is 8. The molecule has 2 amide bonds. The Labute approximate surface area is 196 Å². The maximum atomic E-state index is 12.7. The molecule has 0 radical (unpaired) electrons. The number of hydrogen-bond donors (Lipinski definition) is 1. The summed E-state index contributed by atoms with van der Waals surface area (Å²) in [4.78, 5) is 31.6. The number of aromatic nitrogens is 1. The maximum Gasteiger partial charge on any atom is 0.261 e. The Hall–Kier alpha value is -2.84. The molecule has 3 aromatic rings. The van der Waals surface area contributed by atoms with E-state index in [2.05, 4.69) is 10.3 Å². The van der Waals surface area contributed by atoms with E-state index in [0.717, 1.165) is 21.8 Å². The minimum Gasteiger partial charge on any atom is -0.484 e. The number of carbonyl (C=O) groups excluding carboxylic acids is 2. The summed E-state index contributed by atoms with van der Waals surface area (Å²) in [5.74, 6) is 1.45. The van der Waals surface area contributed by atoms with Crippen LogP contribution in [0.1, 0.15) is 11.3 Å². The van der Waals surface area contributed by atoms with Crippen LogP contribution in [0.25, 0.3) is 10.6 Å². The lowest BCUT2D eigenvalue weighted by molar-refractivity contribution is -0.139. The number of nitrogens with zero attached hydrogens (tertiary/aromatic N) is 2. The van der Waals surface area contributed by atoms with Crippen molar-refractivity contribution in [1.82, 2.24) is 15.2 Å². The fourth-order valence-electron chi connectivity index (χ4n) is 3.41. The number of hydrogen-bond acceptors (Lipinski definition) is 6. The van der Waals surface area contributed by atoms with Crippen LogP contribution in [0, 0.1) is 6.92 Å². The Morgan fingerprint density at radius 1 is 1.19 bits per heavy atom. The van der Waals surface area contributed by atoms with E-state index in [1.54, 1.807) is 28.0 Å². The van der Waals surface area contributed by atoms with Gasteiger partial charge in [0.15, 0.2) is 6.61 Å². The molecule has 1 fully saturated rings. The van der Waals surface area contributed by atoms with E-state index in [0.29, 0.717) is 30.3 Å². The van der Waals surface area contributed by atoms with E-state index >= 15 is 0 Å². The molecule has 2 heterocycles. The molecular weight excluding hydrogens is 442 g/mol. The van der Waals surface area contributed by atoms with Gasteiger partial charge in [-0.1, -0.05) is 42.5 Å². The van der Waals surface area contributed by atoms with E-state index < -0.39 is 6.04 Å². The molecule has 1 aliphatic rings. The summed E-state index contributed by atoms with van der Waals surface area (Å²) >= 11 is 3.18. The van der Waals surface area contributed by atoms with Crippen LogP contribution in [0.4, 0.5) is 0 Å². The lowest BCUT2D eigenvalue weighted by Crippen LogP contribution is -2.48. The quantitative estimate of drug-likeness (QED) is 0.546. The Morgan fingerprint density at radius 3 is 2.84 bits per heavy atom. The van der Waals surface area contributed by atoms with Crippen molar-refractivity contribution in [3.05, 3.63) is 71.2 Å². The minimum atomic E-state index is -0.469. The minimum absolute atomic E-state index is 0.0745. The molecule has 1 aromatic heterocycles. The highest BCUT2D eigenvalue weighted by molar-refractivity contribution is 7.99. The summed E-state index contributed by atoms with van der Waals surface area (Å²) in [5.41, 5.74) is 3.12. The van der Waals surface area contributed by atoms with Crippen molar-refractivity contribution in [2.45, 2.75) is 19.4 Å². The van der Waals surface area contributed by atoms with Crippen LogP contribution in [0.15, 0.2) is 60.0 Å². The van der Waals surface area contributed by atoms with E-state index in [1.165, 1.54) is 0 Å². The van der Waals surface area contributed by atoms with Crippen LogP contribution >= 0.6 is 23.1 Å². The molecule has 0 spiro atoms. The largest absolute Gasteiger partial charge is 0.484 e. The van der Waals surface area contributed by atoms with Gasteiger partial charge in [0.2, 0.25) is 5.91 Å². The van der Waals surface area contributed by atoms with Gasteiger partial charge in [0, 0.05) is 29.7 Å². The van der Waals surface area contributed by atoms with Gasteiger partial charge >= 0.3 is 0 Å². The molecule has 1 saturated heterocycles. The summed E-state index contributed by atoms with van der Waals surface area (Å²) in [6, 6.07) is 17.2. The summed E-state index contributed by atoms with van der Waals surface area (Å²) in [6.07, 6.45) is 0.652. The Morgan fingerprint density at radius 2 is 2.03 bits per heavy atom. The molecule has 166 valence electrons. The van der Waals surface area contributed by atoms with Gasteiger partial charge < -0.3 is 15.0 Å². The Balaban J connectivity index is 1.25. The van der Waals surface area contributed by atoms with Crippen molar-refractivity contribution in [2.24, 2.45) is 0 Å². The van der Waals surface area contributed by atoms with Gasteiger partial charge in [0.1, 0.15) is 16.8 Å². The summed E-state index contributed by atoms with van der Waals surface area (Å²) in [5, 5.41) is 5.97. The molecule has 1 aliphatic heterocycles. The van der Waals surface area contributed by atoms with Crippen molar-refractivity contribution in [1.29, 1.82) is 0 Å². The molecule has 1 N–H and O–H groups in total. The predicted molar refractivity (Wildman–Crippen MR) is 129 cm³/mol. The maximum absolute atomic E-state index is 12.7. The monoisotopic (exact) mass is 467 g/mol. The van der Waals surface area contributed by atoms with Gasteiger partial charge in [-0.3, -0.25) is 9.59 Å². The van der Waals surface area contributed by atoms with Crippen LogP contribution < -0.4 is 10.1 Å². The smallest absolute Gasteiger partial charge is 0.261 e. The highest BCUT2D eigenvalue weighted by Gasteiger charge is 2.34. The predicted octanol–water partition coefficient (Wildman–Crippen LogP) is 3.76. The van der Waals surface area contributed by atoms with Gasteiger partial charge in [0.25, 0.3) is 5.91 Å². The fourth-order valence-corrected chi connectivity index (χ4v) is 5.45. The molecule has 0 unspecified atom stereocenters. The summed E-state index contributed by atoms with van der Waals surface area (Å²) in [6.45, 7) is 2.38. The van der Waals surface area contributed by atoms with Crippen molar-refractivity contribution < 1.29 is 14.3 Å². The Bertz CT molecular complexity index is 1070. The number of thioether (sulfide) groups is 1. The number of ether oxygens (including phenoxy) is 1. The topological polar surface area (TPSA) is 71.5 Å². The van der Waals surface area contributed by atoms with Gasteiger partial charge in [0.05, 0.1) is 11.6 Å². The molecule has 0 bridgehead atoms. The van der Waals surface area contributed by atoms with Gasteiger partial charge in [-0.2, -0.15) is 0 Å². The second kappa shape index (κ2) is 10.7. The third kappa shape index (κ3) is 5.69. The lowest BCUT2D eigenvalue weighted by atomic mass is 10.2. The molecule has 2 aromatic carbocycles. The zero-order valence-electron chi connectivity index (χ0n) is 17.8. The first kappa shape index (κ1) is 22.4.